The van der Waals surface area contributed by atoms with Gasteiger partial charge in [0.25, 0.3) is 0 Å². The van der Waals surface area contributed by atoms with Gasteiger partial charge in [-0.25, -0.2) is 9.98 Å². The van der Waals surface area contributed by atoms with E-state index in [-0.39, 0.29) is 0 Å². The van der Waals surface area contributed by atoms with E-state index in [0.29, 0.717) is 18.5 Å². The fourth-order valence-corrected chi connectivity index (χ4v) is 1.92. The van der Waals surface area contributed by atoms with Crippen molar-refractivity contribution in [3.8, 4) is 0 Å². The molecule has 3 N–H and O–H groups in total. The molecule has 16 heavy (non-hydrogen) atoms. The third-order valence-electron chi connectivity index (χ3n) is 2.34. The Morgan fingerprint density at radius 1 is 1.62 bits per heavy atom. The van der Waals surface area contributed by atoms with Crippen molar-refractivity contribution in [3.63, 3.8) is 0 Å². The van der Waals surface area contributed by atoms with Crippen LogP contribution in [0.2, 0.25) is 0 Å². The molecule has 0 aliphatic carbocycles. The lowest BCUT2D eigenvalue weighted by Gasteiger charge is -2.11. The molecule has 0 fully saturated rings. The number of guanidine groups is 1. The highest BCUT2D eigenvalue weighted by molar-refractivity contribution is 7.11. The van der Waals surface area contributed by atoms with Gasteiger partial charge in [-0.1, -0.05) is 13.8 Å². The molecule has 0 saturated carbocycles. The van der Waals surface area contributed by atoms with E-state index >= 15 is 0 Å². The van der Waals surface area contributed by atoms with Gasteiger partial charge in [0.15, 0.2) is 5.96 Å². The third-order valence-corrected chi connectivity index (χ3v) is 3.47. The smallest absolute Gasteiger partial charge is 0.189 e. The molecule has 1 unspecified atom stereocenters. The first-order valence-corrected chi connectivity index (χ1v) is 6.47. The van der Waals surface area contributed by atoms with Crippen LogP contribution in [0.3, 0.4) is 0 Å². The number of nitrogens with one attached hydrogen (secondary N) is 1. The maximum Gasteiger partial charge on any atom is 0.189 e. The summed E-state index contributed by atoms with van der Waals surface area (Å²) >= 11 is 1.70. The van der Waals surface area contributed by atoms with Gasteiger partial charge < -0.3 is 11.1 Å². The zero-order chi connectivity index (χ0) is 12.0. The van der Waals surface area contributed by atoms with Crippen LogP contribution in [0.1, 0.15) is 37.1 Å². The van der Waals surface area contributed by atoms with E-state index in [2.05, 4.69) is 36.1 Å². The van der Waals surface area contributed by atoms with Crippen molar-refractivity contribution in [2.24, 2.45) is 10.7 Å². The van der Waals surface area contributed by atoms with E-state index in [1.54, 1.807) is 11.3 Å². The van der Waals surface area contributed by atoms with Crippen LogP contribution in [0, 0.1) is 0 Å². The molecular formula is C11H20N4S. The number of nitrogens with zero attached hydrogens (tertiary/aromatic N) is 2. The van der Waals surface area contributed by atoms with Gasteiger partial charge in [-0.15, -0.1) is 11.3 Å². The molecule has 1 aromatic heterocycles. The first kappa shape index (κ1) is 13.0. The molecule has 0 aliphatic rings. The fraction of sp³-hybridized carbons (Fsp3) is 0.636. The maximum atomic E-state index is 5.75. The van der Waals surface area contributed by atoms with E-state index in [9.17, 15) is 0 Å². The van der Waals surface area contributed by atoms with Crippen LogP contribution < -0.4 is 11.1 Å². The molecule has 4 nitrogen and oxygen atoms in total. The molecule has 0 aliphatic heterocycles. The lowest BCUT2D eigenvalue weighted by molar-refractivity contribution is 0.636. The maximum absolute atomic E-state index is 5.75. The van der Waals surface area contributed by atoms with E-state index in [4.69, 9.17) is 5.73 Å². The number of nitrogens with two attached hydrogens (primary N) is 1. The van der Waals surface area contributed by atoms with Crippen molar-refractivity contribution in [3.05, 3.63) is 16.1 Å². The molecule has 1 atom stereocenters. The molecular weight excluding hydrogens is 220 g/mol. The third kappa shape index (κ3) is 4.18. The highest BCUT2D eigenvalue weighted by Gasteiger charge is 2.01. The quantitative estimate of drug-likeness (QED) is 0.610. The zero-order valence-electron chi connectivity index (χ0n) is 10.2. The minimum Gasteiger partial charge on any atom is -0.370 e. The Labute approximate surface area is 101 Å². The summed E-state index contributed by atoms with van der Waals surface area (Å²) in [7, 11) is 0. The van der Waals surface area contributed by atoms with E-state index < -0.39 is 0 Å². The second kappa shape index (κ2) is 6.48. The summed E-state index contributed by atoms with van der Waals surface area (Å²) in [5.41, 5.74) is 5.75. The van der Waals surface area contributed by atoms with Crippen LogP contribution >= 0.6 is 11.3 Å². The molecule has 0 aromatic carbocycles. The summed E-state index contributed by atoms with van der Waals surface area (Å²) in [5, 5.41) is 4.14. The van der Waals surface area contributed by atoms with Crippen molar-refractivity contribution in [2.75, 3.05) is 0 Å². The topological polar surface area (TPSA) is 63.3 Å². The minimum atomic E-state index is 0.367. The highest BCUT2D eigenvalue weighted by Crippen LogP contribution is 2.13. The van der Waals surface area contributed by atoms with Crippen molar-refractivity contribution >= 4 is 17.3 Å². The molecule has 1 aromatic rings. The second-order valence-corrected chi connectivity index (χ2v) is 4.93. The standard InChI is InChI=1S/C11H20N4S/c1-4-8(3)15-11(12)14-7-10-13-6-9(5-2)16-10/h6,8H,4-5,7H2,1-3H3,(H3,12,14,15). The van der Waals surface area contributed by atoms with Crippen LogP contribution in [0.25, 0.3) is 0 Å². The number of thiazole rings is 1. The molecule has 5 heteroatoms. The van der Waals surface area contributed by atoms with E-state index in [0.717, 1.165) is 17.8 Å². The largest absolute Gasteiger partial charge is 0.370 e. The summed E-state index contributed by atoms with van der Waals surface area (Å²) in [6.07, 6.45) is 3.98. The Balaban J connectivity index is 2.45. The number of hydrogen-bond acceptors (Lipinski definition) is 3. The summed E-state index contributed by atoms with van der Waals surface area (Å²) in [4.78, 5) is 9.84. The van der Waals surface area contributed by atoms with Crippen LogP contribution in [0.5, 0.6) is 0 Å². The van der Waals surface area contributed by atoms with Gasteiger partial charge >= 0.3 is 0 Å². The van der Waals surface area contributed by atoms with Crippen molar-refractivity contribution in [2.45, 2.75) is 46.2 Å². The predicted octanol–water partition coefficient (Wildman–Crippen LogP) is 1.91. The first-order chi connectivity index (χ1) is 7.65. The lowest BCUT2D eigenvalue weighted by atomic mass is 10.3. The molecule has 1 rings (SSSR count). The Bertz CT molecular complexity index is 346. The van der Waals surface area contributed by atoms with Gasteiger partial charge in [-0.2, -0.15) is 0 Å². The van der Waals surface area contributed by atoms with Gasteiger partial charge in [0, 0.05) is 17.1 Å². The minimum absolute atomic E-state index is 0.367. The summed E-state index contributed by atoms with van der Waals surface area (Å²) in [6, 6.07) is 0.367. The van der Waals surface area contributed by atoms with Crippen LogP contribution in [-0.2, 0) is 13.0 Å². The molecule has 0 saturated heterocycles. The van der Waals surface area contributed by atoms with Crippen LogP contribution in [0.4, 0.5) is 0 Å². The van der Waals surface area contributed by atoms with Crippen LogP contribution in [-0.4, -0.2) is 17.0 Å². The zero-order valence-corrected chi connectivity index (χ0v) is 11.0. The molecule has 0 spiro atoms. The number of aryl methyl sites for hydroxylation is 1. The van der Waals surface area contributed by atoms with Gasteiger partial charge in [0.1, 0.15) is 5.01 Å². The molecule has 0 radical (unpaired) electrons. The summed E-state index contributed by atoms with van der Waals surface area (Å²) in [5.74, 6) is 0.502. The van der Waals surface area contributed by atoms with Crippen LogP contribution in [0.15, 0.2) is 11.2 Å². The Hall–Kier alpha value is -1.10. The van der Waals surface area contributed by atoms with Crippen molar-refractivity contribution in [1.29, 1.82) is 0 Å². The van der Waals surface area contributed by atoms with Crippen molar-refractivity contribution < 1.29 is 0 Å². The number of aromatic nitrogens is 1. The van der Waals surface area contributed by atoms with Gasteiger partial charge in [0.05, 0.1) is 6.54 Å². The molecule has 90 valence electrons. The second-order valence-electron chi connectivity index (χ2n) is 3.73. The first-order valence-electron chi connectivity index (χ1n) is 5.65. The average Bonchev–Trinajstić information content (AvgIpc) is 2.74. The molecule has 0 bridgehead atoms. The van der Waals surface area contributed by atoms with Gasteiger partial charge in [-0.05, 0) is 19.8 Å². The predicted molar refractivity (Wildman–Crippen MR) is 69.7 cm³/mol. The lowest BCUT2D eigenvalue weighted by Crippen LogP contribution is -2.38. The number of rotatable bonds is 5. The highest BCUT2D eigenvalue weighted by atomic mass is 32.1. The Morgan fingerprint density at radius 3 is 2.94 bits per heavy atom. The average molecular weight is 240 g/mol. The van der Waals surface area contributed by atoms with E-state index in [1.165, 1.54) is 4.88 Å². The van der Waals surface area contributed by atoms with E-state index in [1.807, 2.05) is 6.20 Å². The SMILES string of the molecule is CCc1cnc(CN=C(N)NC(C)CC)s1. The Kier molecular flexibility index (Phi) is 5.25. The van der Waals surface area contributed by atoms with Crippen molar-refractivity contribution in [1.82, 2.24) is 10.3 Å². The summed E-state index contributed by atoms with van der Waals surface area (Å²) in [6.45, 7) is 6.89. The fourth-order valence-electron chi connectivity index (χ4n) is 1.14. The monoisotopic (exact) mass is 240 g/mol. The number of aliphatic imine (C=N–C) groups is 1. The van der Waals surface area contributed by atoms with Gasteiger partial charge in [-0.3, -0.25) is 0 Å². The molecule has 0 amide bonds. The van der Waals surface area contributed by atoms with Gasteiger partial charge in [0.2, 0.25) is 0 Å². The number of hydrogen-bond donors (Lipinski definition) is 2. The normalized spacial score (nSPS) is 13.8. The summed E-state index contributed by atoms with van der Waals surface area (Å²) < 4.78 is 0. The Morgan fingerprint density at radius 2 is 2.38 bits per heavy atom. The molecule has 1 heterocycles.